The maximum Gasteiger partial charge on any atom is 0.329 e. The monoisotopic (exact) mass is 478 g/mol. The van der Waals surface area contributed by atoms with Gasteiger partial charge < -0.3 is 5.32 Å². The Kier molecular flexibility index (Phi) is 5.45. The molecule has 2 heterocycles. The molecule has 1 aromatic carbocycles. The molecule has 0 atom stereocenters. The molecule has 0 aliphatic rings. The lowest BCUT2D eigenvalue weighted by Crippen LogP contribution is -2.32. The van der Waals surface area contributed by atoms with Crippen LogP contribution in [0.4, 0.5) is 5.69 Å². The number of nitrogens with zero attached hydrogens (tertiary/aromatic N) is 2. The maximum atomic E-state index is 13.0. The third-order valence-electron chi connectivity index (χ3n) is 4.20. The molecule has 3 rings (SSSR count). The van der Waals surface area contributed by atoms with Crippen molar-refractivity contribution in [1.29, 1.82) is 0 Å². The van der Waals surface area contributed by atoms with Crippen LogP contribution >= 0.6 is 22.6 Å². The van der Waals surface area contributed by atoms with Crippen LogP contribution in [0.3, 0.4) is 0 Å². The number of hydrogen-bond acceptors (Lipinski definition) is 4. The van der Waals surface area contributed by atoms with Gasteiger partial charge in [0.05, 0.1) is 10.9 Å². The SMILES string of the molecule is CCn1c(=O)[nH]c(=O)c2c(C(=O)Nc3cccc(I)c3)cc(C(C)C)nc21. The van der Waals surface area contributed by atoms with Crippen molar-refractivity contribution in [3.8, 4) is 0 Å². The van der Waals surface area contributed by atoms with Crippen molar-refractivity contribution in [2.75, 3.05) is 5.32 Å². The molecule has 27 heavy (non-hydrogen) atoms. The Balaban J connectivity index is 2.26. The fourth-order valence-electron chi connectivity index (χ4n) is 2.83. The van der Waals surface area contributed by atoms with Gasteiger partial charge in [-0.1, -0.05) is 19.9 Å². The van der Waals surface area contributed by atoms with Crippen molar-refractivity contribution in [3.05, 3.63) is 66.0 Å². The summed E-state index contributed by atoms with van der Waals surface area (Å²) in [6, 6.07) is 8.98. The number of aromatic amines is 1. The van der Waals surface area contributed by atoms with Crippen molar-refractivity contribution in [1.82, 2.24) is 14.5 Å². The number of nitrogens with one attached hydrogen (secondary N) is 2. The van der Waals surface area contributed by atoms with Crippen LogP contribution in [0.5, 0.6) is 0 Å². The minimum atomic E-state index is -0.615. The highest BCUT2D eigenvalue weighted by Gasteiger charge is 2.20. The number of carbonyl (C=O) groups is 1. The van der Waals surface area contributed by atoms with Crippen LogP contribution < -0.4 is 16.6 Å². The number of carbonyl (C=O) groups excluding carboxylic acids is 1. The van der Waals surface area contributed by atoms with E-state index in [9.17, 15) is 14.4 Å². The third-order valence-corrected chi connectivity index (χ3v) is 4.87. The number of fused-ring (bicyclic) bond motifs is 1. The highest BCUT2D eigenvalue weighted by atomic mass is 127. The van der Waals surface area contributed by atoms with Gasteiger partial charge in [-0.3, -0.25) is 19.1 Å². The summed E-state index contributed by atoms with van der Waals surface area (Å²) < 4.78 is 2.34. The van der Waals surface area contributed by atoms with Gasteiger partial charge in [0.1, 0.15) is 0 Å². The van der Waals surface area contributed by atoms with E-state index in [1.54, 1.807) is 19.1 Å². The summed E-state index contributed by atoms with van der Waals surface area (Å²) in [5.41, 5.74) is 0.546. The summed E-state index contributed by atoms with van der Waals surface area (Å²) in [6.07, 6.45) is 0. The molecule has 3 aromatic rings. The van der Waals surface area contributed by atoms with E-state index in [4.69, 9.17) is 0 Å². The van der Waals surface area contributed by atoms with Crippen molar-refractivity contribution >= 4 is 45.2 Å². The van der Waals surface area contributed by atoms with Crippen molar-refractivity contribution < 1.29 is 4.79 Å². The third kappa shape index (κ3) is 3.80. The minimum absolute atomic E-state index is 0.0262. The first-order valence-corrected chi connectivity index (χ1v) is 9.64. The topological polar surface area (TPSA) is 96.9 Å². The second-order valence-corrected chi connectivity index (χ2v) is 7.66. The van der Waals surface area contributed by atoms with Gasteiger partial charge in [0.2, 0.25) is 0 Å². The average molecular weight is 478 g/mol. The van der Waals surface area contributed by atoms with Gasteiger partial charge in [-0.2, -0.15) is 0 Å². The molecule has 0 aliphatic heterocycles. The molecule has 1 amide bonds. The van der Waals surface area contributed by atoms with E-state index in [1.165, 1.54) is 4.57 Å². The summed E-state index contributed by atoms with van der Waals surface area (Å²) in [7, 11) is 0. The van der Waals surface area contributed by atoms with Crippen molar-refractivity contribution in [3.63, 3.8) is 0 Å². The smallest absolute Gasteiger partial charge is 0.322 e. The fraction of sp³-hybridized carbons (Fsp3) is 0.263. The number of H-pyrrole nitrogens is 1. The summed E-state index contributed by atoms with van der Waals surface area (Å²) in [4.78, 5) is 44.4. The van der Waals surface area contributed by atoms with Crippen molar-refractivity contribution in [2.24, 2.45) is 0 Å². The van der Waals surface area contributed by atoms with Crippen molar-refractivity contribution in [2.45, 2.75) is 33.2 Å². The standard InChI is InChI=1S/C19H19IN4O3/c1-4-24-16-15(18(26)23-19(24)27)13(9-14(22-16)10(2)3)17(25)21-12-7-5-6-11(20)8-12/h5-10H,4H2,1-3H3,(H,21,25)(H,23,26,27). The van der Waals surface area contributed by atoms with E-state index in [1.807, 2.05) is 32.0 Å². The van der Waals surface area contributed by atoms with Crippen LogP contribution in [0.15, 0.2) is 39.9 Å². The van der Waals surface area contributed by atoms with Crippen LogP contribution in [0, 0.1) is 3.57 Å². The molecule has 0 radical (unpaired) electrons. The predicted molar refractivity (Wildman–Crippen MR) is 113 cm³/mol. The van der Waals surface area contributed by atoms with Crippen LogP contribution in [-0.2, 0) is 6.54 Å². The zero-order valence-corrected chi connectivity index (χ0v) is 17.3. The Hall–Kier alpha value is -2.49. The molecule has 7 nitrogen and oxygen atoms in total. The normalized spacial score (nSPS) is 11.1. The highest BCUT2D eigenvalue weighted by Crippen LogP contribution is 2.21. The largest absolute Gasteiger partial charge is 0.329 e. The molecule has 0 spiro atoms. The van der Waals surface area contributed by atoms with E-state index in [2.05, 4.69) is 37.9 Å². The first-order chi connectivity index (χ1) is 12.8. The van der Waals surface area contributed by atoms with E-state index >= 15 is 0 Å². The number of benzene rings is 1. The second-order valence-electron chi connectivity index (χ2n) is 6.42. The number of aromatic nitrogens is 3. The number of pyridine rings is 1. The van der Waals surface area contributed by atoms with Gasteiger partial charge in [0.15, 0.2) is 5.65 Å². The first-order valence-electron chi connectivity index (χ1n) is 8.56. The van der Waals surface area contributed by atoms with Gasteiger partial charge in [-0.15, -0.1) is 0 Å². The van der Waals surface area contributed by atoms with Crippen LogP contribution in [0.25, 0.3) is 11.0 Å². The van der Waals surface area contributed by atoms with Gasteiger partial charge in [0.25, 0.3) is 11.5 Å². The highest BCUT2D eigenvalue weighted by molar-refractivity contribution is 14.1. The predicted octanol–water partition coefficient (Wildman–Crippen LogP) is 3.09. The molecule has 2 N–H and O–H groups in total. The van der Waals surface area contributed by atoms with E-state index in [-0.39, 0.29) is 22.5 Å². The van der Waals surface area contributed by atoms with Gasteiger partial charge >= 0.3 is 5.69 Å². The summed E-state index contributed by atoms with van der Waals surface area (Å²) in [5.74, 6) is -0.392. The summed E-state index contributed by atoms with van der Waals surface area (Å²) in [5, 5.41) is 2.94. The Morgan fingerprint density at radius 3 is 2.67 bits per heavy atom. The molecular formula is C19H19IN4O3. The summed E-state index contributed by atoms with van der Waals surface area (Å²) in [6.45, 7) is 6.00. The quantitative estimate of drug-likeness (QED) is 0.564. The number of rotatable bonds is 4. The Labute approximate surface area is 169 Å². The molecule has 0 bridgehead atoms. The molecule has 0 saturated carbocycles. The zero-order valence-electron chi connectivity index (χ0n) is 15.2. The minimum Gasteiger partial charge on any atom is -0.322 e. The van der Waals surface area contributed by atoms with Gasteiger partial charge in [0, 0.05) is 21.5 Å². The van der Waals surface area contributed by atoms with Crippen LogP contribution in [-0.4, -0.2) is 20.4 Å². The Morgan fingerprint density at radius 1 is 1.30 bits per heavy atom. The lowest BCUT2D eigenvalue weighted by molar-refractivity contribution is 0.102. The molecule has 0 fully saturated rings. The van der Waals surface area contributed by atoms with Gasteiger partial charge in [-0.05, 0) is 59.7 Å². The summed E-state index contributed by atoms with van der Waals surface area (Å²) >= 11 is 2.16. The van der Waals surface area contributed by atoms with E-state index in [0.29, 0.717) is 17.9 Å². The number of halogens is 1. The maximum absolute atomic E-state index is 13.0. The molecule has 0 aliphatic carbocycles. The Morgan fingerprint density at radius 2 is 2.04 bits per heavy atom. The molecule has 2 aromatic heterocycles. The molecule has 0 unspecified atom stereocenters. The Bertz CT molecular complexity index is 1150. The van der Waals surface area contributed by atoms with Crippen LogP contribution in [0.1, 0.15) is 42.7 Å². The molecular weight excluding hydrogens is 459 g/mol. The number of amides is 1. The molecule has 0 saturated heterocycles. The lowest BCUT2D eigenvalue weighted by Gasteiger charge is -2.14. The number of anilines is 1. The van der Waals surface area contributed by atoms with Gasteiger partial charge in [-0.25, -0.2) is 9.78 Å². The number of aryl methyl sites for hydroxylation is 1. The van der Waals surface area contributed by atoms with E-state index in [0.717, 1.165) is 3.57 Å². The van der Waals surface area contributed by atoms with Crippen LogP contribution in [0.2, 0.25) is 0 Å². The zero-order chi connectivity index (χ0) is 19.7. The lowest BCUT2D eigenvalue weighted by atomic mass is 10.0. The number of hydrogen-bond donors (Lipinski definition) is 2. The average Bonchev–Trinajstić information content (AvgIpc) is 2.60. The molecule has 8 heteroatoms. The first kappa shape index (κ1) is 19.3. The molecule has 140 valence electrons. The fourth-order valence-corrected chi connectivity index (χ4v) is 3.37. The van der Waals surface area contributed by atoms with E-state index < -0.39 is 17.2 Å². The second kappa shape index (κ2) is 7.63.